The van der Waals surface area contributed by atoms with Crippen molar-refractivity contribution in [3.05, 3.63) is 78.4 Å². The molecular weight excluding hydrogens is 322 g/mol. The van der Waals surface area contributed by atoms with Crippen LogP contribution in [0.15, 0.2) is 82.6 Å². The predicted molar refractivity (Wildman–Crippen MR) is 110 cm³/mol. The Morgan fingerprint density at radius 2 is 1.52 bits per heavy atom. The lowest BCUT2D eigenvalue weighted by atomic mass is 10.0. The number of hydrogen-bond donors (Lipinski definition) is 0. The van der Waals surface area contributed by atoms with Crippen molar-refractivity contribution in [2.75, 3.05) is 11.9 Å². The zero-order valence-corrected chi connectivity index (χ0v) is 15.6. The maximum atomic E-state index is 2.32. The van der Waals surface area contributed by atoms with E-state index < -0.39 is 0 Å². The molecule has 3 aromatic carbocycles. The summed E-state index contributed by atoms with van der Waals surface area (Å²) in [5, 5.41) is 0. The minimum Gasteiger partial charge on any atom is -0.343 e. The van der Waals surface area contributed by atoms with Crippen LogP contribution in [0, 0.1) is 0 Å². The lowest BCUT2D eigenvalue weighted by molar-refractivity contribution is 1.11. The second kappa shape index (κ2) is 6.45. The minimum atomic E-state index is 1.26. The van der Waals surface area contributed by atoms with Crippen LogP contribution in [-0.4, -0.2) is 7.05 Å². The van der Waals surface area contributed by atoms with Gasteiger partial charge >= 0.3 is 0 Å². The molecule has 0 saturated carbocycles. The van der Waals surface area contributed by atoms with Crippen LogP contribution in [0.3, 0.4) is 0 Å². The number of anilines is 2. The van der Waals surface area contributed by atoms with Gasteiger partial charge in [0.05, 0.1) is 11.4 Å². The fourth-order valence-electron chi connectivity index (χ4n) is 3.20. The van der Waals surface area contributed by atoms with Gasteiger partial charge in [0.1, 0.15) is 0 Å². The van der Waals surface area contributed by atoms with Gasteiger partial charge in [-0.25, -0.2) is 0 Å². The summed E-state index contributed by atoms with van der Waals surface area (Å²) in [6.07, 6.45) is 2.17. The Bertz CT molecular complexity index is 957. The van der Waals surface area contributed by atoms with Gasteiger partial charge in [-0.15, -0.1) is 0 Å². The van der Waals surface area contributed by atoms with Crippen molar-refractivity contribution in [3.8, 4) is 11.1 Å². The van der Waals surface area contributed by atoms with E-state index in [4.69, 9.17) is 0 Å². The Balaban J connectivity index is 1.79. The summed E-state index contributed by atoms with van der Waals surface area (Å²) < 4.78 is 0. The summed E-state index contributed by atoms with van der Waals surface area (Å²) in [7, 11) is 2.17. The summed E-state index contributed by atoms with van der Waals surface area (Å²) in [5.41, 5.74) is 7.67. The highest BCUT2D eigenvalue weighted by molar-refractivity contribution is 7.99. The van der Waals surface area contributed by atoms with Gasteiger partial charge in [-0.3, -0.25) is 0 Å². The molecule has 0 N–H and O–H groups in total. The normalized spacial score (nSPS) is 13.4. The topological polar surface area (TPSA) is 3.24 Å². The van der Waals surface area contributed by atoms with Gasteiger partial charge in [0, 0.05) is 16.8 Å². The van der Waals surface area contributed by atoms with Gasteiger partial charge in [0.15, 0.2) is 0 Å². The van der Waals surface area contributed by atoms with Crippen molar-refractivity contribution in [2.24, 2.45) is 0 Å². The molecule has 0 saturated heterocycles. The van der Waals surface area contributed by atoms with Crippen LogP contribution in [0.5, 0.6) is 0 Å². The number of benzene rings is 3. The zero-order chi connectivity index (χ0) is 17.4. The predicted octanol–water partition coefficient (Wildman–Crippen LogP) is 7.01. The summed E-state index contributed by atoms with van der Waals surface area (Å²) >= 11 is 1.86. The molecule has 2 heteroatoms. The molecule has 0 atom stereocenters. The van der Waals surface area contributed by atoms with Crippen LogP contribution in [-0.2, 0) is 0 Å². The molecule has 0 unspecified atom stereocenters. The molecule has 0 bridgehead atoms. The van der Waals surface area contributed by atoms with Gasteiger partial charge in [-0.1, -0.05) is 60.3 Å². The zero-order valence-electron chi connectivity index (χ0n) is 14.8. The summed E-state index contributed by atoms with van der Waals surface area (Å²) in [5.74, 6) is 0. The molecule has 4 rings (SSSR count). The number of hydrogen-bond acceptors (Lipinski definition) is 2. The molecule has 1 aliphatic heterocycles. The molecule has 0 radical (unpaired) electrons. The first-order valence-corrected chi connectivity index (χ1v) is 9.37. The Hall–Kier alpha value is -2.45. The van der Waals surface area contributed by atoms with Crippen LogP contribution < -0.4 is 4.90 Å². The quantitative estimate of drug-likeness (QED) is 0.492. The van der Waals surface area contributed by atoms with E-state index in [0.29, 0.717) is 0 Å². The first kappa shape index (κ1) is 16.0. The average Bonchev–Trinajstić information content (AvgIpc) is 2.68. The van der Waals surface area contributed by atoms with Crippen LogP contribution in [0.1, 0.15) is 19.4 Å². The third-order valence-electron chi connectivity index (χ3n) is 4.86. The highest BCUT2D eigenvalue weighted by atomic mass is 32.2. The fourth-order valence-corrected chi connectivity index (χ4v) is 4.31. The molecule has 1 heterocycles. The molecular formula is C23H21NS. The second-order valence-corrected chi connectivity index (χ2v) is 7.45. The van der Waals surface area contributed by atoms with Crippen molar-refractivity contribution in [1.29, 1.82) is 0 Å². The van der Waals surface area contributed by atoms with E-state index in [-0.39, 0.29) is 0 Å². The standard InChI is InChI=1S/C23H21NS/c1-4-16(2)18-10-12-22-20(14-18)24(3)21-15-19(11-13-23(21)25-22)17-8-6-5-7-9-17/h4-15H,1-3H3. The van der Waals surface area contributed by atoms with E-state index in [1.165, 1.54) is 43.4 Å². The Kier molecular flexibility index (Phi) is 4.14. The van der Waals surface area contributed by atoms with Crippen molar-refractivity contribution >= 4 is 28.7 Å². The maximum Gasteiger partial charge on any atom is 0.0556 e. The van der Waals surface area contributed by atoms with E-state index in [1.807, 2.05) is 11.8 Å². The molecule has 1 nitrogen and oxygen atoms in total. The lowest BCUT2D eigenvalue weighted by Crippen LogP contribution is -2.15. The number of rotatable bonds is 2. The summed E-state index contributed by atoms with van der Waals surface area (Å²) in [6, 6.07) is 24.1. The van der Waals surface area contributed by atoms with Crippen LogP contribution in [0.2, 0.25) is 0 Å². The smallest absolute Gasteiger partial charge is 0.0556 e. The number of fused-ring (bicyclic) bond motifs is 2. The average molecular weight is 343 g/mol. The lowest BCUT2D eigenvalue weighted by Gasteiger charge is -2.30. The maximum absolute atomic E-state index is 2.32. The molecule has 124 valence electrons. The molecule has 0 aromatic heterocycles. The van der Waals surface area contributed by atoms with Crippen molar-refractivity contribution in [1.82, 2.24) is 0 Å². The second-order valence-electron chi connectivity index (χ2n) is 6.36. The molecule has 0 fully saturated rings. The van der Waals surface area contributed by atoms with Gasteiger partial charge in [-0.2, -0.15) is 0 Å². The van der Waals surface area contributed by atoms with Crippen LogP contribution >= 0.6 is 11.8 Å². The largest absolute Gasteiger partial charge is 0.343 e. The monoisotopic (exact) mass is 343 g/mol. The third kappa shape index (κ3) is 2.87. The van der Waals surface area contributed by atoms with Crippen molar-refractivity contribution in [3.63, 3.8) is 0 Å². The molecule has 0 spiro atoms. The highest BCUT2D eigenvalue weighted by Gasteiger charge is 2.21. The number of nitrogens with zero attached hydrogens (tertiary/aromatic N) is 1. The molecule has 1 aliphatic rings. The number of allylic oxidation sites excluding steroid dienone is 2. The Morgan fingerprint density at radius 3 is 2.24 bits per heavy atom. The van der Waals surface area contributed by atoms with Crippen LogP contribution in [0.4, 0.5) is 11.4 Å². The molecule has 3 aromatic rings. The SMILES string of the molecule is CC=C(C)c1ccc2c(c1)N(C)c1cc(-c3ccccc3)ccc1S2. The minimum absolute atomic E-state index is 1.26. The van der Waals surface area contributed by atoms with E-state index in [2.05, 4.69) is 98.6 Å². The fraction of sp³-hybridized carbons (Fsp3) is 0.130. The molecule has 0 aliphatic carbocycles. The van der Waals surface area contributed by atoms with Gasteiger partial charge < -0.3 is 4.90 Å². The first-order chi connectivity index (χ1) is 12.2. The van der Waals surface area contributed by atoms with Gasteiger partial charge in [0.2, 0.25) is 0 Å². The summed E-state index contributed by atoms with van der Waals surface area (Å²) in [4.78, 5) is 4.94. The van der Waals surface area contributed by atoms with Gasteiger partial charge in [-0.05, 0) is 60.4 Å². The van der Waals surface area contributed by atoms with Crippen molar-refractivity contribution < 1.29 is 0 Å². The van der Waals surface area contributed by atoms with Crippen LogP contribution in [0.25, 0.3) is 16.7 Å². The highest BCUT2D eigenvalue weighted by Crippen LogP contribution is 2.49. The third-order valence-corrected chi connectivity index (χ3v) is 5.99. The van der Waals surface area contributed by atoms with E-state index in [9.17, 15) is 0 Å². The van der Waals surface area contributed by atoms with Crippen molar-refractivity contribution in [2.45, 2.75) is 23.6 Å². The first-order valence-electron chi connectivity index (χ1n) is 8.56. The Labute approximate surface area is 154 Å². The van der Waals surface area contributed by atoms with E-state index in [1.54, 1.807) is 0 Å². The Morgan fingerprint density at radius 1 is 0.840 bits per heavy atom. The summed E-state index contributed by atoms with van der Waals surface area (Å²) in [6.45, 7) is 4.26. The molecule has 0 amide bonds. The molecule has 25 heavy (non-hydrogen) atoms. The van der Waals surface area contributed by atoms with Gasteiger partial charge in [0.25, 0.3) is 0 Å². The van der Waals surface area contributed by atoms with E-state index >= 15 is 0 Å². The van der Waals surface area contributed by atoms with E-state index in [0.717, 1.165) is 0 Å².